The summed E-state index contributed by atoms with van der Waals surface area (Å²) in [5.41, 5.74) is 1.19. The number of morpholine rings is 1. The summed E-state index contributed by atoms with van der Waals surface area (Å²) >= 11 is 0. The number of rotatable bonds is 6. The van der Waals surface area contributed by atoms with Crippen molar-refractivity contribution in [1.82, 2.24) is 9.21 Å². The smallest absolute Gasteiger partial charge is 0.253 e. The molecule has 3 rings (SSSR count). The SMILES string of the molecule is COc1ccccc1CN(C)C(=O)c1cccc(S(=O)(=O)N2C[C@@H](C)O[C@H](C)C2)c1. The zero-order chi connectivity index (χ0) is 21.9. The van der Waals surface area contributed by atoms with Crippen LogP contribution in [0.4, 0.5) is 0 Å². The third kappa shape index (κ3) is 4.83. The molecule has 7 nitrogen and oxygen atoms in total. The van der Waals surface area contributed by atoms with Crippen LogP contribution < -0.4 is 4.74 Å². The van der Waals surface area contributed by atoms with Gasteiger partial charge < -0.3 is 14.4 Å². The standard InChI is InChI=1S/C22H28N2O5S/c1-16-13-24(14-17(2)29-16)30(26,27)20-10-7-9-18(12-20)22(25)23(3)15-19-8-5-6-11-21(19)28-4/h5-12,16-17H,13-15H2,1-4H3/t16-,17-/m1/s1. The van der Waals surface area contributed by atoms with Crippen molar-refractivity contribution in [3.05, 3.63) is 59.7 Å². The van der Waals surface area contributed by atoms with Gasteiger partial charge in [-0.15, -0.1) is 0 Å². The monoisotopic (exact) mass is 432 g/mol. The largest absolute Gasteiger partial charge is 0.496 e. The van der Waals surface area contributed by atoms with Gasteiger partial charge >= 0.3 is 0 Å². The predicted octanol–water partition coefficient (Wildman–Crippen LogP) is 2.77. The second kappa shape index (κ2) is 9.16. The zero-order valence-corrected chi connectivity index (χ0v) is 18.6. The van der Waals surface area contributed by atoms with E-state index in [9.17, 15) is 13.2 Å². The van der Waals surface area contributed by atoms with Crippen LogP contribution >= 0.6 is 0 Å². The number of carbonyl (C=O) groups excluding carboxylic acids is 1. The molecule has 0 bridgehead atoms. The lowest BCUT2D eigenvalue weighted by atomic mass is 10.1. The first kappa shape index (κ1) is 22.3. The molecule has 1 heterocycles. The fourth-order valence-corrected chi connectivity index (χ4v) is 5.28. The highest BCUT2D eigenvalue weighted by Crippen LogP contribution is 2.23. The number of para-hydroxylation sites is 1. The van der Waals surface area contributed by atoms with E-state index >= 15 is 0 Å². The maximum Gasteiger partial charge on any atom is 0.253 e. The van der Waals surface area contributed by atoms with Crippen molar-refractivity contribution < 1.29 is 22.7 Å². The van der Waals surface area contributed by atoms with Crippen LogP contribution in [0.1, 0.15) is 29.8 Å². The second-order valence-electron chi connectivity index (χ2n) is 7.58. The molecule has 30 heavy (non-hydrogen) atoms. The fraction of sp³-hybridized carbons (Fsp3) is 0.409. The maximum atomic E-state index is 13.1. The number of methoxy groups -OCH3 is 1. The Morgan fingerprint density at radius 3 is 2.47 bits per heavy atom. The number of carbonyl (C=O) groups is 1. The van der Waals surface area contributed by atoms with E-state index in [-0.39, 0.29) is 23.0 Å². The van der Waals surface area contributed by atoms with Gasteiger partial charge in [0.15, 0.2) is 0 Å². The minimum Gasteiger partial charge on any atom is -0.496 e. The third-order valence-corrected chi connectivity index (χ3v) is 6.88. The summed E-state index contributed by atoms with van der Waals surface area (Å²) in [4.78, 5) is 14.6. The Bertz CT molecular complexity index is 998. The third-order valence-electron chi connectivity index (χ3n) is 5.05. The minimum absolute atomic E-state index is 0.111. The van der Waals surface area contributed by atoms with Crippen LogP contribution in [-0.2, 0) is 21.3 Å². The van der Waals surface area contributed by atoms with E-state index in [1.54, 1.807) is 31.2 Å². The summed E-state index contributed by atoms with van der Waals surface area (Å²) in [5.74, 6) is 0.436. The van der Waals surface area contributed by atoms with Crippen molar-refractivity contribution in [3.63, 3.8) is 0 Å². The predicted molar refractivity (Wildman–Crippen MR) is 114 cm³/mol. The lowest BCUT2D eigenvalue weighted by Gasteiger charge is -2.34. The lowest BCUT2D eigenvalue weighted by molar-refractivity contribution is -0.0440. The molecule has 0 radical (unpaired) electrons. The summed E-state index contributed by atoms with van der Waals surface area (Å²) in [5, 5.41) is 0. The van der Waals surface area contributed by atoms with E-state index in [2.05, 4.69) is 0 Å². The van der Waals surface area contributed by atoms with Crippen molar-refractivity contribution in [2.75, 3.05) is 27.2 Å². The second-order valence-corrected chi connectivity index (χ2v) is 9.52. The normalized spacial score (nSPS) is 20.0. The number of hydrogen-bond acceptors (Lipinski definition) is 5. The number of ether oxygens (including phenoxy) is 2. The Kier molecular flexibility index (Phi) is 6.80. The first-order valence-corrected chi connectivity index (χ1v) is 11.3. The molecule has 1 aliphatic rings. The van der Waals surface area contributed by atoms with Gasteiger partial charge in [-0.2, -0.15) is 4.31 Å². The molecule has 0 spiro atoms. The molecule has 1 saturated heterocycles. The molecule has 0 N–H and O–H groups in total. The van der Waals surface area contributed by atoms with Gasteiger partial charge in [-0.3, -0.25) is 4.79 Å². The molecule has 0 unspecified atom stereocenters. The Morgan fingerprint density at radius 1 is 1.13 bits per heavy atom. The average Bonchev–Trinajstić information content (AvgIpc) is 2.73. The van der Waals surface area contributed by atoms with Gasteiger partial charge in [0.25, 0.3) is 5.91 Å². The molecule has 8 heteroatoms. The maximum absolute atomic E-state index is 13.1. The number of sulfonamides is 1. The molecule has 2 aromatic carbocycles. The summed E-state index contributed by atoms with van der Waals surface area (Å²) in [7, 11) is -0.449. The van der Waals surface area contributed by atoms with Crippen LogP contribution in [0.3, 0.4) is 0 Å². The first-order chi connectivity index (χ1) is 14.2. The minimum atomic E-state index is -3.72. The molecule has 162 valence electrons. The topological polar surface area (TPSA) is 76.2 Å². The van der Waals surface area contributed by atoms with Crippen LogP contribution in [0.15, 0.2) is 53.4 Å². The molecule has 2 atom stereocenters. The van der Waals surface area contributed by atoms with Crippen molar-refractivity contribution in [2.24, 2.45) is 0 Å². The van der Waals surface area contributed by atoms with E-state index < -0.39 is 10.0 Å². The van der Waals surface area contributed by atoms with Gasteiger partial charge in [0, 0.05) is 37.8 Å². The van der Waals surface area contributed by atoms with Gasteiger partial charge in [0.05, 0.1) is 24.2 Å². The summed E-state index contributed by atoms with van der Waals surface area (Å²) < 4.78 is 38.7. The van der Waals surface area contributed by atoms with Crippen molar-refractivity contribution in [1.29, 1.82) is 0 Å². The number of hydrogen-bond donors (Lipinski definition) is 0. The van der Waals surface area contributed by atoms with Gasteiger partial charge in [0.1, 0.15) is 5.75 Å². The molecule has 1 fully saturated rings. The van der Waals surface area contributed by atoms with Crippen LogP contribution in [0.2, 0.25) is 0 Å². The molecule has 1 amide bonds. The molecular weight excluding hydrogens is 404 g/mol. The molecule has 2 aromatic rings. The van der Waals surface area contributed by atoms with Crippen molar-refractivity contribution in [3.8, 4) is 5.75 Å². The number of benzene rings is 2. The molecule has 0 saturated carbocycles. The van der Waals surface area contributed by atoms with Crippen LogP contribution in [0.25, 0.3) is 0 Å². The molecular formula is C22H28N2O5S. The average molecular weight is 433 g/mol. The van der Waals surface area contributed by atoms with E-state index in [1.165, 1.54) is 16.4 Å². The van der Waals surface area contributed by atoms with Crippen molar-refractivity contribution in [2.45, 2.75) is 37.5 Å². The summed E-state index contributed by atoms with van der Waals surface area (Å²) in [6.45, 7) is 4.63. The number of amides is 1. The van der Waals surface area contributed by atoms with Gasteiger partial charge in [0.2, 0.25) is 10.0 Å². The zero-order valence-electron chi connectivity index (χ0n) is 17.7. The molecule has 0 aromatic heterocycles. The number of nitrogens with zero attached hydrogens (tertiary/aromatic N) is 2. The highest BCUT2D eigenvalue weighted by molar-refractivity contribution is 7.89. The van der Waals surface area contributed by atoms with E-state index in [1.807, 2.05) is 38.1 Å². The van der Waals surface area contributed by atoms with Crippen LogP contribution in [0, 0.1) is 0 Å². The van der Waals surface area contributed by atoms with Gasteiger partial charge in [-0.05, 0) is 38.1 Å². The highest BCUT2D eigenvalue weighted by atomic mass is 32.2. The fourth-order valence-electron chi connectivity index (χ4n) is 3.65. The van der Waals surface area contributed by atoms with Crippen LogP contribution in [-0.4, -0.2) is 63.0 Å². The van der Waals surface area contributed by atoms with Crippen molar-refractivity contribution >= 4 is 15.9 Å². The van der Waals surface area contributed by atoms with Gasteiger partial charge in [-0.25, -0.2) is 8.42 Å². The Balaban J connectivity index is 1.81. The van der Waals surface area contributed by atoms with Crippen LogP contribution in [0.5, 0.6) is 5.75 Å². The molecule has 0 aliphatic carbocycles. The highest BCUT2D eigenvalue weighted by Gasteiger charge is 2.32. The lowest BCUT2D eigenvalue weighted by Crippen LogP contribution is -2.48. The summed E-state index contributed by atoms with van der Waals surface area (Å²) in [6, 6.07) is 13.7. The van der Waals surface area contributed by atoms with E-state index in [0.717, 1.165) is 5.56 Å². The van der Waals surface area contributed by atoms with E-state index in [0.29, 0.717) is 30.9 Å². The Morgan fingerprint density at radius 2 is 1.80 bits per heavy atom. The first-order valence-electron chi connectivity index (χ1n) is 9.85. The summed E-state index contributed by atoms with van der Waals surface area (Å²) in [6.07, 6.45) is -0.361. The Labute approximate surface area is 178 Å². The van der Waals surface area contributed by atoms with Gasteiger partial charge in [-0.1, -0.05) is 24.3 Å². The molecule has 1 aliphatic heterocycles. The Hall–Kier alpha value is -2.42. The quantitative estimate of drug-likeness (QED) is 0.702. The van der Waals surface area contributed by atoms with E-state index in [4.69, 9.17) is 9.47 Å².